The van der Waals surface area contributed by atoms with Crippen LogP contribution in [0.2, 0.25) is 0 Å². The second kappa shape index (κ2) is 12.5. The highest BCUT2D eigenvalue weighted by molar-refractivity contribution is 6.05. The van der Waals surface area contributed by atoms with E-state index in [9.17, 15) is 5.11 Å². The molecular weight excluding hydrogens is 514 g/mol. The van der Waals surface area contributed by atoms with E-state index in [0.29, 0.717) is 11.6 Å². The zero-order valence-corrected chi connectivity index (χ0v) is 24.5. The first-order valence-electron chi connectivity index (χ1n) is 14.5. The number of aromatic nitrogens is 3. The average Bonchev–Trinajstić information content (AvgIpc) is 3.26. The highest BCUT2D eigenvalue weighted by Gasteiger charge is 2.28. The zero-order chi connectivity index (χ0) is 29.0. The molecule has 218 valence electrons. The van der Waals surface area contributed by atoms with Gasteiger partial charge in [0.25, 0.3) is 0 Å². The Hall–Kier alpha value is -3.66. The van der Waals surface area contributed by atoms with Crippen LogP contribution in [-0.4, -0.2) is 63.6 Å². The van der Waals surface area contributed by atoms with Crippen LogP contribution in [0.4, 0.5) is 5.82 Å². The summed E-state index contributed by atoms with van der Waals surface area (Å²) in [5, 5.41) is 13.0. The summed E-state index contributed by atoms with van der Waals surface area (Å²) < 4.78 is 7.93. The van der Waals surface area contributed by atoms with E-state index in [4.69, 9.17) is 26.3 Å². The molecule has 0 bridgehead atoms. The number of anilines is 1. The van der Waals surface area contributed by atoms with Crippen molar-refractivity contribution in [1.29, 1.82) is 0 Å². The molecule has 1 aromatic carbocycles. The number of nitrogens with zero attached hydrogens (tertiary/aromatic N) is 5. The fourth-order valence-corrected chi connectivity index (χ4v) is 5.80. The predicted octanol–water partition coefficient (Wildman–Crippen LogP) is 4.50. The average molecular weight is 558 g/mol. The van der Waals surface area contributed by atoms with Gasteiger partial charge in [0.2, 0.25) is 0 Å². The van der Waals surface area contributed by atoms with Crippen molar-refractivity contribution >= 4 is 33.6 Å². The summed E-state index contributed by atoms with van der Waals surface area (Å²) in [4.78, 5) is 12.3. The van der Waals surface area contributed by atoms with E-state index in [2.05, 4.69) is 27.7 Å². The van der Waals surface area contributed by atoms with Gasteiger partial charge in [0.05, 0.1) is 22.3 Å². The van der Waals surface area contributed by atoms with Gasteiger partial charge in [-0.05, 0) is 63.6 Å². The van der Waals surface area contributed by atoms with Gasteiger partial charge in [0, 0.05) is 62.7 Å². The van der Waals surface area contributed by atoms with Gasteiger partial charge in [-0.1, -0.05) is 36.4 Å². The second-order valence-electron chi connectivity index (χ2n) is 11.6. The number of fused-ring (bicyclic) bond motifs is 3. The SMILES string of the molecule is C/C(N)=C(\c1cnc2c3ccc(N4CCC(C)(O)CC4)nc3n(CC3CCOCC3)c2c1)N(C)N.c1ccccc1. The van der Waals surface area contributed by atoms with Crippen LogP contribution in [-0.2, 0) is 11.3 Å². The summed E-state index contributed by atoms with van der Waals surface area (Å²) in [6.45, 7) is 7.81. The fourth-order valence-electron chi connectivity index (χ4n) is 5.80. The molecule has 0 unspecified atom stereocenters. The summed E-state index contributed by atoms with van der Waals surface area (Å²) in [5.41, 5.74) is 10.8. The lowest BCUT2D eigenvalue weighted by atomic mass is 9.94. The molecule has 4 aromatic rings. The maximum Gasteiger partial charge on any atom is 0.145 e. The fraction of sp³-hybridized carbons (Fsp3) is 0.438. The number of nitrogens with two attached hydrogens (primary N) is 2. The smallest absolute Gasteiger partial charge is 0.145 e. The number of piperidine rings is 1. The summed E-state index contributed by atoms with van der Waals surface area (Å²) in [6.07, 6.45) is 5.39. The molecule has 9 heteroatoms. The van der Waals surface area contributed by atoms with E-state index in [1.54, 1.807) is 12.1 Å². The van der Waals surface area contributed by atoms with Gasteiger partial charge in [-0.25, -0.2) is 10.8 Å². The van der Waals surface area contributed by atoms with Gasteiger partial charge >= 0.3 is 0 Å². The summed E-state index contributed by atoms with van der Waals surface area (Å²) in [7, 11) is 1.79. The van der Waals surface area contributed by atoms with Crippen molar-refractivity contribution in [1.82, 2.24) is 19.5 Å². The number of hydrogen-bond donors (Lipinski definition) is 3. The molecule has 0 spiro atoms. The van der Waals surface area contributed by atoms with E-state index in [0.717, 1.165) is 97.7 Å². The number of hydrogen-bond acceptors (Lipinski definition) is 8. The predicted molar refractivity (Wildman–Crippen MR) is 166 cm³/mol. The molecule has 2 saturated heterocycles. The molecule has 41 heavy (non-hydrogen) atoms. The van der Waals surface area contributed by atoms with Gasteiger partial charge in [-0.2, -0.15) is 0 Å². The summed E-state index contributed by atoms with van der Waals surface area (Å²) in [5.74, 6) is 7.58. The van der Waals surface area contributed by atoms with Crippen LogP contribution in [0, 0.1) is 5.92 Å². The highest BCUT2D eigenvalue weighted by atomic mass is 16.5. The topological polar surface area (TPSA) is 119 Å². The third kappa shape index (κ3) is 6.64. The lowest BCUT2D eigenvalue weighted by Crippen LogP contribution is -2.42. The number of aliphatic hydroxyl groups is 1. The van der Waals surface area contributed by atoms with Crippen molar-refractivity contribution in [2.75, 3.05) is 38.3 Å². The third-order valence-electron chi connectivity index (χ3n) is 8.14. The normalized spacial score (nSPS) is 18.1. The number of allylic oxidation sites excluding steroid dienone is 1. The Morgan fingerprint density at radius 3 is 2.32 bits per heavy atom. The van der Waals surface area contributed by atoms with Crippen molar-refractivity contribution in [3.8, 4) is 0 Å². The number of hydrazine groups is 1. The minimum absolute atomic E-state index is 0.519. The van der Waals surface area contributed by atoms with Gasteiger partial charge in [-0.15, -0.1) is 0 Å². The molecule has 2 fully saturated rings. The lowest BCUT2D eigenvalue weighted by Gasteiger charge is -2.36. The first-order valence-corrected chi connectivity index (χ1v) is 14.5. The summed E-state index contributed by atoms with van der Waals surface area (Å²) in [6, 6.07) is 18.4. The zero-order valence-electron chi connectivity index (χ0n) is 24.5. The lowest BCUT2D eigenvalue weighted by molar-refractivity contribution is 0.0350. The number of ether oxygens (including phenoxy) is 1. The molecule has 5 N–H and O–H groups in total. The Labute approximate surface area is 242 Å². The van der Waals surface area contributed by atoms with Crippen molar-refractivity contribution in [2.45, 2.75) is 51.7 Å². The standard InChI is InChI=1S/C26H37N7O2.C6H6/c1-17(27)24(31(3)28)19-14-21-23(29-15-19)20-4-5-22(32-10-8-26(2,34)9-11-32)30-25(20)33(21)16-18-6-12-35-13-7-18;1-2-4-6-5-3-1/h4-5,14-15,18,34H,6-13,16,27-28H2,1-3H3;1-6H/b24-17-;. The molecule has 0 amide bonds. The van der Waals surface area contributed by atoms with Crippen molar-refractivity contribution in [3.63, 3.8) is 0 Å². The van der Waals surface area contributed by atoms with Crippen molar-refractivity contribution < 1.29 is 9.84 Å². The van der Waals surface area contributed by atoms with Crippen molar-refractivity contribution in [3.05, 3.63) is 72.1 Å². The molecule has 0 saturated carbocycles. The number of benzene rings is 1. The summed E-state index contributed by atoms with van der Waals surface area (Å²) >= 11 is 0. The molecule has 0 atom stereocenters. The van der Waals surface area contributed by atoms with E-state index in [1.165, 1.54) is 0 Å². The third-order valence-corrected chi connectivity index (χ3v) is 8.14. The van der Waals surface area contributed by atoms with Crippen LogP contribution in [0.3, 0.4) is 0 Å². The van der Waals surface area contributed by atoms with Crippen LogP contribution in [0.15, 0.2) is 66.5 Å². The largest absolute Gasteiger partial charge is 0.401 e. The van der Waals surface area contributed by atoms with E-state index in [1.807, 2.05) is 56.4 Å². The maximum atomic E-state index is 10.4. The second-order valence-corrected chi connectivity index (χ2v) is 11.6. The van der Waals surface area contributed by atoms with Crippen LogP contribution < -0.4 is 16.5 Å². The van der Waals surface area contributed by atoms with Gasteiger partial charge in [0.15, 0.2) is 0 Å². The quantitative estimate of drug-likeness (QED) is 0.242. The van der Waals surface area contributed by atoms with Crippen LogP contribution in [0.1, 0.15) is 45.1 Å². The molecule has 9 nitrogen and oxygen atoms in total. The molecule has 0 aliphatic carbocycles. The minimum atomic E-state index is -0.596. The minimum Gasteiger partial charge on any atom is -0.401 e. The first-order chi connectivity index (χ1) is 19.7. The molecule has 6 rings (SSSR count). The molecule has 0 radical (unpaired) electrons. The van der Waals surface area contributed by atoms with E-state index < -0.39 is 5.60 Å². The Morgan fingerprint density at radius 1 is 1.10 bits per heavy atom. The molecule has 5 heterocycles. The van der Waals surface area contributed by atoms with Gasteiger partial charge in [-0.3, -0.25) is 4.98 Å². The van der Waals surface area contributed by atoms with E-state index >= 15 is 0 Å². The van der Waals surface area contributed by atoms with Crippen molar-refractivity contribution in [2.24, 2.45) is 17.5 Å². The molecule has 2 aliphatic heterocycles. The Balaban J connectivity index is 0.000000500. The Kier molecular flexibility index (Phi) is 8.77. The van der Waals surface area contributed by atoms with Crippen LogP contribution in [0.5, 0.6) is 0 Å². The monoisotopic (exact) mass is 557 g/mol. The Bertz CT molecular complexity index is 1450. The highest BCUT2D eigenvalue weighted by Crippen LogP contribution is 2.33. The molecule has 3 aromatic heterocycles. The molecule has 2 aliphatic rings. The Morgan fingerprint density at radius 2 is 1.73 bits per heavy atom. The van der Waals surface area contributed by atoms with E-state index in [-0.39, 0.29) is 0 Å². The maximum absolute atomic E-state index is 10.4. The van der Waals surface area contributed by atoms with Crippen LogP contribution >= 0.6 is 0 Å². The number of rotatable bonds is 5. The van der Waals surface area contributed by atoms with Gasteiger partial charge in [0.1, 0.15) is 11.5 Å². The molecular formula is C32H43N7O2. The van der Waals surface area contributed by atoms with Gasteiger partial charge < -0.3 is 30.1 Å². The number of pyridine rings is 2. The first kappa shape index (κ1) is 28.9. The van der Waals surface area contributed by atoms with Crippen LogP contribution in [0.25, 0.3) is 27.8 Å².